The molecule has 2 fully saturated rings. The highest BCUT2D eigenvalue weighted by Gasteiger charge is 2.47. The number of amides is 1. The van der Waals surface area contributed by atoms with Crippen LogP contribution in [0.25, 0.3) is 0 Å². The van der Waals surface area contributed by atoms with Crippen molar-refractivity contribution in [2.24, 2.45) is 13.0 Å². The van der Waals surface area contributed by atoms with Crippen LogP contribution in [0.2, 0.25) is 0 Å². The minimum atomic E-state index is -3.04. The van der Waals surface area contributed by atoms with Crippen LogP contribution in [-0.2, 0) is 16.9 Å². The van der Waals surface area contributed by atoms with Gasteiger partial charge in [-0.05, 0) is 18.4 Å². The highest BCUT2D eigenvalue weighted by molar-refractivity contribution is 7.92. The van der Waals surface area contributed by atoms with Crippen molar-refractivity contribution in [3.63, 3.8) is 0 Å². The second-order valence-electron chi connectivity index (χ2n) is 5.53. The van der Waals surface area contributed by atoms with Crippen LogP contribution in [0.1, 0.15) is 16.8 Å². The van der Waals surface area contributed by atoms with Crippen LogP contribution in [0.3, 0.4) is 0 Å². The highest BCUT2D eigenvalue weighted by atomic mass is 32.2. The van der Waals surface area contributed by atoms with Gasteiger partial charge >= 0.3 is 0 Å². The van der Waals surface area contributed by atoms with Crippen molar-refractivity contribution in [2.75, 3.05) is 18.8 Å². The molecule has 0 spiro atoms. The third-order valence-corrected chi connectivity index (χ3v) is 6.50. The number of aromatic nitrogens is 1. The van der Waals surface area contributed by atoms with Crippen LogP contribution in [-0.4, -0.2) is 47.9 Å². The second kappa shape index (κ2) is 4.44. The molecule has 2 saturated heterocycles. The summed E-state index contributed by atoms with van der Waals surface area (Å²) in [5.74, 6) is 0.103. The van der Waals surface area contributed by atoms with Crippen LogP contribution in [0, 0.1) is 5.92 Å². The Bertz CT molecular complexity index is 722. The molecule has 0 radical (unpaired) electrons. The van der Waals surface area contributed by atoms with Crippen molar-refractivity contribution in [3.05, 3.63) is 34.2 Å². The molecule has 3 rings (SSSR count). The van der Waals surface area contributed by atoms with Gasteiger partial charge in [-0.3, -0.25) is 9.59 Å². The van der Waals surface area contributed by atoms with Crippen LogP contribution >= 0.6 is 0 Å². The molecule has 2 aliphatic rings. The van der Waals surface area contributed by atoms with E-state index in [1.807, 2.05) is 0 Å². The zero-order chi connectivity index (χ0) is 14.5. The fraction of sp³-hybridized carbons (Fsp3) is 0.538. The number of sulfone groups is 1. The molecular weight excluding hydrogens is 280 g/mol. The molecule has 0 saturated carbocycles. The van der Waals surface area contributed by atoms with E-state index in [2.05, 4.69) is 0 Å². The monoisotopic (exact) mass is 296 g/mol. The lowest BCUT2D eigenvalue weighted by Gasteiger charge is -2.17. The Hall–Kier alpha value is -1.63. The van der Waals surface area contributed by atoms with Crippen molar-refractivity contribution < 1.29 is 13.2 Å². The van der Waals surface area contributed by atoms with Gasteiger partial charge in [0.2, 0.25) is 5.56 Å². The number of rotatable bonds is 1. The van der Waals surface area contributed by atoms with Gasteiger partial charge in [0.25, 0.3) is 5.91 Å². The lowest BCUT2D eigenvalue weighted by Crippen LogP contribution is -2.32. The minimum Gasteiger partial charge on any atom is -0.337 e. The molecule has 1 aromatic rings. The number of pyridine rings is 1. The van der Waals surface area contributed by atoms with Gasteiger partial charge in [0.05, 0.1) is 16.6 Å². The lowest BCUT2D eigenvalue weighted by atomic mass is 10.1. The standard InChI is InChI=1S/C13H16N2O4S/c1-14-6-10(2-3-12(14)16)13(17)15-7-9-4-5-20(18,19)11(9)8-15/h2-3,6,9,11H,4-5,7-8H2,1H3/t9-,11+/m0/s1. The number of carbonyl (C=O) groups excluding carboxylic acids is 1. The van der Waals surface area contributed by atoms with E-state index in [0.717, 1.165) is 0 Å². The van der Waals surface area contributed by atoms with Crippen molar-refractivity contribution in [1.29, 1.82) is 0 Å². The number of aryl methyl sites for hydroxylation is 1. The van der Waals surface area contributed by atoms with E-state index in [4.69, 9.17) is 0 Å². The van der Waals surface area contributed by atoms with Gasteiger partial charge in [-0.1, -0.05) is 0 Å². The lowest BCUT2D eigenvalue weighted by molar-refractivity contribution is 0.0786. The van der Waals surface area contributed by atoms with Gasteiger partial charge in [0.15, 0.2) is 9.84 Å². The molecule has 0 aliphatic carbocycles. The van der Waals surface area contributed by atoms with E-state index < -0.39 is 15.1 Å². The van der Waals surface area contributed by atoms with Crippen molar-refractivity contribution in [3.8, 4) is 0 Å². The molecule has 7 heteroatoms. The molecule has 3 heterocycles. The van der Waals surface area contributed by atoms with E-state index in [0.29, 0.717) is 18.5 Å². The molecule has 0 unspecified atom stereocenters. The maximum Gasteiger partial charge on any atom is 0.255 e. The fourth-order valence-electron chi connectivity index (χ4n) is 3.06. The number of fused-ring (bicyclic) bond motifs is 1. The number of hydrogen-bond acceptors (Lipinski definition) is 4. The predicted molar refractivity (Wildman–Crippen MR) is 73.3 cm³/mol. The van der Waals surface area contributed by atoms with Gasteiger partial charge < -0.3 is 9.47 Å². The summed E-state index contributed by atoms with van der Waals surface area (Å²) in [5, 5.41) is -0.404. The molecule has 108 valence electrons. The number of likely N-dealkylation sites (tertiary alicyclic amines) is 1. The first-order valence-electron chi connectivity index (χ1n) is 6.56. The molecule has 2 atom stereocenters. The summed E-state index contributed by atoms with van der Waals surface area (Å²) in [4.78, 5) is 25.3. The molecule has 20 heavy (non-hydrogen) atoms. The topological polar surface area (TPSA) is 76.5 Å². The maximum atomic E-state index is 12.4. The van der Waals surface area contributed by atoms with Crippen LogP contribution < -0.4 is 5.56 Å². The molecule has 0 aromatic carbocycles. The van der Waals surface area contributed by atoms with Gasteiger partial charge in [-0.2, -0.15) is 0 Å². The van der Waals surface area contributed by atoms with Gasteiger partial charge in [-0.25, -0.2) is 8.42 Å². The SMILES string of the molecule is Cn1cc(C(=O)N2C[C@@H]3CCS(=O)(=O)[C@@H]3C2)ccc1=O. The fourth-order valence-corrected chi connectivity index (χ4v) is 5.21. The van der Waals surface area contributed by atoms with Crippen LogP contribution in [0.15, 0.2) is 23.1 Å². The van der Waals surface area contributed by atoms with E-state index in [1.54, 1.807) is 11.9 Å². The van der Waals surface area contributed by atoms with E-state index in [9.17, 15) is 18.0 Å². The summed E-state index contributed by atoms with van der Waals surface area (Å²) in [6.45, 7) is 0.764. The average molecular weight is 296 g/mol. The van der Waals surface area contributed by atoms with Gasteiger partial charge in [0, 0.05) is 32.4 Å². The first-order chi connectivity index (χ1) is 9.38. The van der Waals surface area contributed by atoms with Crippen LogP contribution in [0.4, 0.5) is 0 Å². The third-order valence-electron chi connectivity index (χ3n) is 4.24. The number of hydrogen-bond donors (Lipinski definition) is 0. The van der Waals surface area contributed by atoms with Crippen molar-refractivity contribution >= 4 is 15.7 Å². The summed E-state index contributed by atoms with van der Waals surface area (Å²) in [6.07, 6.45) is 2.14. The molecule has 1 amide bonds. The van der Waals surface area contributed by atoms with E-state index in [1.165, 1.54) is 22.9 Å². The van der Waals surface area contributed by atoms with E-state index in [-0.39, 0.29) is 29.7 Å². The van der Waals surface area contributed by atoms with Crippen molar-refractivity contribution in [2.45, 2.75) is 11.7 Å². The third kappa shape index (κ3) is 2.06. The summed E-state index contributed by atoms with van der Waals surface area (Å²) >= 11 is 0. The average Bonchev–Trinajstić information content (AvgIpc) is 2.94. The second-order valence-corrected chi connectivity index (χ2v) is 7.87. The Morgan fingerprint density at radius 3 is 2.70 bits per heavy atom. The summed E-state index contributed by atoms with van der Waals surface area (Å²) in [5.41, 5.74) is 0.242. The highest BCUT2D eigenvalue weighted by Crippen LogP contribution is 2.34. The Balaban J connectivity index is 1.83. The summed E-state index contributed by atoms with van der Waals surface area (Å²) in [7, 11) is -1.45. The Morgan fingerprint density at radius 2 is 2.05 bits per heavy atom. The first kappa shape index (κ1) is 13.4. The summed E-state index contributed by atoms with van der Waals surface area (Å²) in [6, 6.07) is 2.84. The Morgan fingerprint density at radius 1 is 1.30 bits per heavy atom. The quantitative estimate of drug-likeness (QED) is 0.709. The molecule has 2 aliphatic heterocycles. The first-order valence-corrected chi connectivity index (χ1v) is 8.27. The van der Waals surface area contributed by atoms with E-state index >= 15 is 0 Å². The molecule has 6 nitrogen and oxygen atoms in total. The summed E-state index contributed by atoms with van der Waals surface area (Å²) < 4.78 is 25.1. The molecular formula is C13H16N2O4S. The Labute approximate surface area is 116 Å². The molecule has 0 N–H and O–H groups in total. The smallest absolute Gasteiger partial charge is 0.255 e. The zero-order valence-electron chi connectivity index (χ0n) is 11.2. The largest absolute Gasteiger partial charge is 0.337 e. The van der Waals surface area contributed by atoms with Crippen LogP contribution in [0.5, 0.6) is 0 Å². The normalized spacial score (nSPS) is 27.6. The van der Waals surface area contributed by atoms with Crippen molar-refractivity contribution in [1.82, 2.24) is 9.47 Å². The Kier molecular flexibility index (Phi) is 2.97. The molecule has 0 bridgehead atoms. The maximum absolute atomic E-state index is 12.4. The zero-order valence-corrected chi connectivity index (χ0v) is 12.0. The minimum absolute atomic E-state index is 0.0662. The van der Waals surface area contributed by atoms with Gasteiger partial charge in [0.1, 0.15) is 0 Å². The molecule has 1 aromatic heterocycles. The number of carbonyl (C=O) groups is 1. The number of nitrogens with zero attached hydrogens (tertiary/aromatic N) is 2. The predicted octanol–water partition coefficient (Wildman–Crippen LogP) is -0.356. The van der Waals surface area contributed by atoms with Gasteiger partial charge in [-0.15, -0.1) is 0 Å².